The van der Waals surface area contributed by atoms with Crippen molar-refractivity contribution >= 4 is 22.6 Å². The zero-order valence-corrected chi connectivity index (χ0v) is 17.6. The van der Waals surface area contributed by atoms with Gasteiger partial charge >= 0.3 is 0 Å². The van der Waals surface area contributed by atoms with Gasteiger partial charge in [0.1, 0.15) is 5.82 Å². The molecule has 0 saturated carbocycles. The normalized spacial score (nSPS) is 11.0. The maximum atomic E-state index is 13.7. The number of aromatic nitrogens is 3. The zero-order chi connectivity index (χ0) is 22.0. The van der Waals surface area contributed by atoms with E-state index in [-0.39, 0.29) is 12.3 Å². The Morgan fingerprint density at radius 1 is 1.13 bits per heavy atom. The van der Waals surface area contributed by atoms with E-state index in [1.807, 2.05) is 51.1 Å². The topological polar surface area (TPSA) is 69.0 Å². The Bertz CT molecular complexity index is 1250. The molecule has 1 amide bonds. The largest absolute Gasteiger partial charge is 0.467 e. The first-order valence-corrected chi connectivity index (χ1v) is 10.1. The van der Waals surface area contributed by atoms with Gasteiger partial charge in [0.25, 0.3) is 5.91 Å². The van der Waals surface area contributed by atoms with Crippen LogP contribution in [-0.4, -0.2) is 27.3 Å². The SMILES string of the molecule is CCc1cc(OCC(=O)Nc2ccccc2F)nc2c1c(C)nn2-c1ccc(C)cc1. The van der Waals surface area contributed by atoms with Crippen LogP contribution >= 0.6 is 0 Å². The van der Waals surface area contributed by atoms with Crippen LogP contribution < -0.4 is 10.1 Å². The third-order valence-electron chi connectivity index (χ3n) is 5.03. The molecule has 0 saturated heterocycles. The fourth-order valence-electron chi connectivity index (χ4n) is 3.46. The number of pyridine rings is 1. The minimum absolute atomic E-state index is 0.113. The number of halogens is 1. The van der Waals surface area contributed by atoms with Crippen molar-refractivity contribution in [1.29, 1.82) is 0 Å². The molecule has 0 bridgehead atoms. The average molecular weight is 418 g/mol. The molecule has 0 radical (unpaired) electrons. The molecule has 0 atom stereocenters. The van der Waals surface area contributed by atoms with Crippen LogP contribution in [0.3, 0.4) is 0 Å². The quantitative estimate of drug-likeness (QED) is 0.490. The smallest absolute Gasteiger partial charge is 0.262 e. The average Bonchev–Trinajstić information content (AvgIpc) is 3.10. The number of para-hydroxylation sites is 1. The first kappa shape index (κ1) is 20.5. The van der Waals surface area contributed by atoms with E-state index in [2.05, 4.69) is 15.4 Å². The standard InChI is InChI=1S/C24H23FN4O2/c1-4-17-13-22(31-14-21(30)26-20-8-6-5-7-19(20)25)27-24-23(17)16(3)28-29(24)18-11-9-15(2)10-12-18/h5-13H,4,14H2,1-3H3,(H,26,30). The van der Waals surface area contributed by atoms with Crippen molar-refractivity contribution in [2.75, 3.05) is 11.9 Å². The summed E-state index contributed by atoms with van der Waals surface area (Å²) in [6.45, 7) is 5.75. The van der Waals surface area contributed by atoms with Crippen molar-refractivity contribution in [3.63, 3.8) is 0 Å². The molecule has 6 nitrogen and oxygen atoms in total. The molecule has 2 aromatic heterocycles. The Morgan fingerprint density at radius 2 is 1.87 bits per heavy atom. The second-order valence-electron chi connectivity index (χ2n) is 7.32. The Labute approximate surface area is 179 Å². The lowest BCUT2D eigenvalue weighted by atomic mass is 10.1. The second-order valence-corrected chi connectivity index (χ2v) is 7.32. The summed E-state index contributed by atoms with van der Waals surface area (Å²) in [4.78, 5) is 16.9. The number of ether oxygens (including phenoxy) is 1. The summed E-state index contributed by atoms with van der Waals surface area (Å²) in [5.41, 5.74) is 4.75. The van der Waals surface area contributed by atoms with Crippen molar-refractivity contribution in [1.82, 2.24) is 14.8 Å². The summed E-state index contributed by atoms with van der Waals surface area (Å²) in [6.07, 6.45) is 0.761. The molecule has 0 aliphatic rings. The van der Waals surface area contributed by atoms with E-state index in [0.29, 0.717) is 11.5 Å². The molecule has 7 heteroatoms. The Kier molecular flexibility index (Phi) is 5.66. The molecule has 1 N–H and O–H groups in total. The van der Waals surface area contributed by atoms with Crippen LogP contribution in [0.15, 0.2) is 54.6 Å². The highest BCUT2D eigenvalue weighted by molar-refractivity contribution is 5.92. The van der Waals surface area contributed by atoms with Gasteiger partial charge in [-0.3, -0.25) is 4.79 Å². The van der Waals surface area contributed by atoms with Crippen molar-refractivity contribution in [2.45, 2.75) is 27.2 Å². The van der Waals surface area contributed by atoms with Gasteiger partial charge in [-0.25, -0.2) is 9.07 Å². The zero-order valence-electron chi connectivity index (χ0n) is 17.6. The molecule has 2 heterocycles. The van der Waals surface area contributed by atoms with Crippen molar-refractivity contribution in [3.05, 3.63) is 77.2 Å². The number of aryl methyl sites for hydroxylation is 3. The second kappa shape index (κ2) is 8.55. The van der Waals surface area contributed by atoms with Gasteiger partial charge in [-0.1, -0.05) is 36.8 Å². The van der Waals surface area contributed by atoms with Crippen LogP contribution in [0, 0.1) is 19.7 Å². The third-order valence-corrected chi connectivity index (χ3v) is 5.03. The lowest BCUT2D eigenvalue weighted by molar-refractivity contribution is -0.118. The van der Waals surface area contributed by atoms with Gasteiger partial charge in [-0.15, -0.1) is 0 Å². The van der Waals surface area contributed by atoms with Gasteiger partial charge in [0.15, 0.2) is 12.3 Å². The summed E-state index contributed by atoms with van der Waals surface area (Å²) in [6, 6.07) is 15.8. The molecule has 0 unspecified atom stereocenters. The number of amides is 1. The lowest BCUT2D eigenvalue weighted by Crippen LogP contribution is -2.21. The van der Waals surface area contributed by atoms with Crippen LogP contribution in [0.1, 0.15) is 23.7 Å². The highest BCUT2D eigenvalue weighted by atomic mass is 19.1. The molecular weight excluding hydrogens is 395 g/mol. The molecule has 0 aliphatic carbocycles. The lowest BCUT2D eigenvalue weighted by Gasteiger charge is -2.10. The Morgan fingerprint density at radius 3 is 2.58 bits per heavy atom. The first-order chi connectivity index (χ1) is 15.0. The van der Waals surface area contributed by atoms with E-state index in [0.717, 1.165) is 34.3 Å². The van der Waals surface area contributed by atoms with Gasteiger partial charge in [0, 0.05) is 11.5 Å². The summed E-state index contributed by atoms with van der Waals surface area (Å²) < 4.78 is 21.2. The number of carbonyl (C=O) groups is 1. The van der Waals surface area contributed by atoms with Crippen LogP contribution in [0.2, 0.25) is 0 Å². The van der Waals surface area contributed by atoms with Crippen molar-refractivity contribution in [2.24, 2.45) is 0 Å². The molecule has 4 rings (SSSR count). The molecule has 31 heavy (non-hydrogen) atoms. The van der Waals surface area contributed by atoms with Gasteiger partial charge < -0.3 is 10.1 Å². The summed E-state index contributed by atoms with van der Waals surface area (Å²) in [5, 5.41) is 8.16. The van der Waals surface area contributed by atoms with Crippen LogP contribution in [0.5, 0.6) is 5.88 Å². The minimum atomic E-state index is -0.499. The van der Waals surface area contributed by atoms with Gasteiger partial charge in [0.2, 0.25) is 5.88 Å². The van der Waals surface area contributed by atoms with E-state index >= 15 is 0 Å². The number of benzene rings is 2. The van der Waals surface area contributed by atoms with Gasteiger partial charge in [0.05, 0.1) is 17.1 Å². The van der Waals surface area contributed by atoms with E-state index in [4.69, 9.17) is 4.74 Å². The highest BCUT2D eigenvalue weighted by Crippen LogP contribution is 2.27. The summed E-state index contributed by atoms with van der Waals surface area (Å²) in [7, 11) is 0. The number of hydrogen-bond donors (Lipinski definition) is 1. The monoisotopic (exact) mass is 418 g/mol. The van der Waals surface area contributed by atoms with Gasteiger partial charge in [-0.05, 0) is 50.1 Å². The molecule has 2 aromatic carbocycles. The maximum absolute atomic E-state index is 13.7. The van der Waals surface area contributed by atoms with Crippen molar-refractivity contribution in [3.8, 4) is 11.6 Å². The number of fused-ring (bicyclic) bond motifs is 1. The highest BCUT2D eigenvalue weighted by Gasteiger charge is 2.17. The van der Waals surface area contributed by atoms with Crippen molar-refractivity contribution < 1.29 is 13.9 Å². The van der Waals surface area contributed by atoms with Crippen LogP contribution in [0.4, 0.5) is 10.1 Å². The fourth-order valence-corrected chi connectivity index (χ4v) is 3.46. The predicted molar refractivity (Wildman–Crippen MR) is 118 cm³/mol. The Hall–Kier alpha value is -3.74. The molecule has 4 aromatic rings. The van der Waals surface area contributed by atoms with E-state index in [1.54, 1.807) is 16.8 Å². The molecule has 0 spiro atoms. The third kappa shape index (κ3) is 4.26. The number of nitrogens with one attached hydrogen (secondary N) is 1. The van der Waals surface area contributed by atoms with Crippen LogP contribution in [-0.2, 0) is 11.2 Å². The van der Waals surface area contributed by atoms with Crippen LogP contribution in [0.25, 0.3) is 16.7 Å². The maximum Gasteiger partial charge on any atom is 0.262 e. The summed E-state index contributed by atoms with van der Waals surface area (Å²) in [5.74, 6) is -0.643. The molecule has 0 aliphatic heterocycles. The number of carbonyl (C=O) groups excluding carboxylic acids is 1. The first-order valence-electron chi connectivity index (χ1n) is 10.1. The van der Waals surface area contributed by atoms with E-state index in [1.165, 1.54) is 12.1 Å². The van der Waals surface area contributed by atoms with E-state index in [9.17, 15) is 9.18 Å². The van der Waals surface area contributed by atoms with Gasteiger partial charge in [-0.2, -0.15) is 10.1 Å². The molecule has 158 valence electrons. The Balaban J connectivity index is 1.62. The molecule has 0 fully saturated rings. The fraction of sp³-hybridized carbons (Fsp3) is 0.208. The van der Waals surface area contributed by atoms with E-state index < -0.39 is 11.7 Å². The number of rotatable bonds is 6. The summed E-state index contributed by atoms with van der Waals surface area (Å²) >= 11 is 0. The number of hydrogen-bond acceptors (Lipinski definition) is 4. The molecular formula is C24H23FN4O2. The minimum Gasteiger partial charge on any atom is -0.467 e. The number of nitrogens with zero attached hydrogens (tertiary/aromatic N) is 3. The predicted octanol–water partition coefficient (Wildman–Crippen LogP) is 4.76. The number of anilines is 1.